The maximum Gasteiger partial charge on any atom is 0.469 e. The van der Waals surface area contributed by atoms with Crippen LogP contribution in [0.25, 0.3) is 0 Å². The second-order valence-corrected chi connectivity index (χ2v) is 4.15. The minimum absolute atomic E-state index is 0. The number of phosphoric acid groups is 1. The summed E-state index contributed by atoms with van der Waals surface area (Å²) in [6.45, 7) is -1.02. The van der Waals surface area contributed by atoms with E-state index in [4.69, 9.17) is 25.1 Å². The zero-order chi connectivity index (χ0) is 12.9. The van der Waals surface area contributed by atoms with Crippen molar-refractivity contribution in [2.45, 2.75) is 24.5 Å². The summed E-state index contributed by atoms with van der Waals surface area (Å²) < 4.78 is 26.5. The van der Waals surface area contributed by atoms with Crippen LogP contribution in [0.1, 0.15) is 0 Å². The molecule has 11 heteroatoms. The number of hydrogen-bond acceptors (Lipinski definition) is 6. The summed E-state index contributed by atoms with van der Waals surface area (Å²) in [4.78, 5) is 26.4. The molecule has 0 fully saturated rings. The van der Waals surface area contributed by atoms with Gasteiger partial charge < -0.3 is 29.9 Å². The second kappa shape index (κ2) is 9.18. The summed E-state index contributed by atoms with van der Waals surface area (Å²) >= 11 is 0. The Hall–Kier alpha value is 1.23. The molecule has 0 heterocycles. The van der Waals surface area contributed by atoms with E-state index in [-0.39, 0.29) is 57.7 Å². The summed E-state index contributed by atoms with van der Waals surface area (Å²) in [6.07, 6.45) is -8.95. The molecule has 0 rings (SSSR count). The molecule has 0 aliphatic rings. The van der Waals surface area contributed by atoms with Gasteiger partial charge in [0.1, 0.15) is 18.3 Å². The van der Waals surface area contributed by atoms with Gasteiger partial charge in [-0.1, -0.05) is 0 Å². The first-order valence-corrected chi connectivity index (χ1v) is 5.55. The molecule has 0 aliphatic carbocycles. The Balaban J connectivity index is 0. The van der Waals surface area contributed by atoms with Gasteiger partial charge in [0, 0.05) is 51.4 Å². The molecule has 0 aromatic carbocycles. The predicted octanol–water partition coefficient (Wildman–Crippen LogP) is -2.67. The molecule has 17 heavy (non-hydrogen) atoms. The molecule has 1 radical (unpaired) electrons. The fourth-order valence-electron chi connectivity index (χ4n) is 0.769. The summed E-state index contributed by atoms with van der Waals surface area (Å²) in [5.74, 6) is 0. The number of aldehydes is 1. The fraction of sp³-hybridized carbons (Fsp3) is 0.833. The van der Waals surface area contributed by atoms with Gasteiger partial charge >= 0.3 is 7.82 Å². The summed E-state index contributed by atoms with van der Waals surface area (Å²) in [7, 11) is -4.84. The van der Waals surface area contributed by atoms with Crippen LogP contribution in [0.4, 0.5) is 4.39 Å². The molecule has 0 unspecified atom stereocenters. The summed E-state index contributed by atoms with van der Waals surface area (Å²) in [5, 5.41) is 27.0. The molecule has 0 bridgehead atoms. The minimum Gasteiger partial charge on any atom is -0.388 e. The van der Waals surface area contributed by atoms with E-state index in [1.54, 1.807) is 0 Å². The number of carbonyl (C=O) groups excluding carboxylic acids is 1. The van der Waals surface area contributed by atoms with E-state index in [1.165, 1.54) is 0 Å². The molecule has 0 spiro atoms. The van der Waals surface area contributed by atoms with Gasteiger partial charge in [0.2, 0.25) is 0 Å². The zero-order valence-corrected chi connectivity index (χ0v) is 12.9. The molecule has 8 nitrogen and oxygen atoms in total. The van der Waals surface area contributed by atoms with Crippen molar-refractivity contribution >= 4 is 65.5 Å². The van der Waals surface area contributed by atoms with Crippen molar-refractivity contribution in [3.8, 4) is 0 Å². The smallest absolute Gasteiger partial charge is 0.388 e. The maximum absolute atomic E-state index is 12.5. The molecule has 0 aromatic heterocycles. The van der Waals surface area contributed by atoms with E-state index in [1.807, 2.05) is 0 Å². The Morgan fingerprint density at radius 1 is 1.24 bits per heavy atom. The molecule has 0 saturated heterocycles. The van der Waals surface area contributed by atoms with Crippen LogP contribution in [-0.2, 0) is 13.9 Å². The van der Waals surface area contributed by atoms with Gasteiger partial charge in [-0.15, -0.1) is 0 Å². The Morgan fingerprint density at radius 2 is 1.71 bits per heavy atom. The van der Waals surface area contributed by atoms with Crippen LogP contribution in [-0.4, -0.2) is 114 Å². The molecular formula is C6H12FKO8P. The van der Waals surface area contributed by atoms with E-state index in [9.17, 15) is 13.8 Å². The largest absolute Gasteiger partial charge is 0.469 e. The zero-order valence-electron chi connectivity index (χ0n) is 8.88. The first-order chi connectivity index (χ1) is 7.19. The number of rotatable bonds is 7. The number of halogens is 1. The minimum atomic E-state index is -4.84. The average Bonchev–Trinajstić information content (AvgIpc) is 2.21. The number of aliphatic hydroxyl groups excluding tert-OH is 3. The first-order valence-electron chi connectivity index (χ1n) is 4.02. The Bertz CT molecular complexity index is 273. The third-order valence-electron chi connectivity index (χ3n) is 1.61. The Labute approximate surface area is 138 Å². The average molecular weight is 301 g/mol. The monoisotopic (exact) mass is 301 g/mol. The van der Waals surface area contributed by atoms with Crippen LogP contribution in [0.5, 0.6) is 0 Å². The van der Waals surface area contributed by atoms with Gasteiger partial charge in [-0.2, -0.15) is 0 Å². The number of carbonyl (C=O) groups is 1. The normalized spacial score (nSPS) is 18.7. The van der Waals surface area contributed by atoms with E-state index in [0.717, 1.165) is 0 Å². The van der Waals surface area contributed by atoms with Gasteiger partial charge in [0.15, 0.2) is 12.5 Å². The van der Waals surface area contributed by atoms with E-state index < -0.39 is 38.9 Å². The van der Waals surface area contributed by atoms with Gasteiger partial charge in [-0.3, -0.25) is 4.52 Å². The SMILES string of the molecule is O=C[C@H](F)[C@@H](O)[C@H](O)[C@H](O)COP(=O)(O)O.[K]. The van der Waals surface area contributed by atoms with E-state index in [2.05, 4.69) is 4.52 Å². The van der Waals surface area contributed by atoms with Crippen molar-refractivity contribution in [2.24, 2.45) is 0 Å². The molecule has 0 aromatic rings. The van der Waals surface area contributed by atoms with Crippen LogP contribution in [0.15, 0.2) is 0 Å². The Morgan fingerprint density at radius 3 is 2.06 bits per heavy atom. The van der Waals surface area contributed by atoms with E-state index >= 15 is 0 Å². The standard InChI is InChI=1S/C6H12FO8P.K/c7-3(1-8)5(10)6(11)4(9)2-15-16(12,13)14;/h1,3-6,9-11H,2H2,(H2,12,13,14);/t3-,4+,5+,6+;/m0./s1. The van der Waals surface area contributed by atoms with Gasteiger partial charge in [0.05, 0.1) is 6.61 Å². The van der Waals surface area contributed by atoms with Crippen molar-refractivity contribution in [1.29, 1.82) is 0 Å². The Kier molecular flexibility index (Phi) is 11.1. The topological polar surface area (TPSA) is 145 Å². The molecule has 0 saturated carbocycles. The van der Waals surface area contributed by atoms with Crippen molar-refractivity contribution in [2.75, 3.05) is 6.61 Å². The second-order valence-electron chi connectivity index (χ2n) is 2.92. The molecule has 0 aliphatic heterocycles. The summed E-state index contributed by atoms with van der Waals surface area (Å²) in [5.41, 5.74) is 0. The molecule has 5 N–H and O–H groups in total. The molecule has 0 amide bonds. The van der Waals surface area contributed by atoms with Gasteiger partial charge in [-0.05, 0) is 0 Å². The van der Waals surface area contributed by atoms with Crippen LogP contribution in [0.3, 0.4) is 0 Å². The van der Waals surface area contributed by atoms with Crippen molar-refractivity contribution < 1.29 is 43.4 Å². The van der Waals surface area contributed by atoms with Gasteiger partial charge in [-0.25, -0.2) is 8.96 Å². The number of alkyl halides is 1. The molecular weight excluding hydrogens is 289 g/mol. The van der Waals surface area contributed by atoms with Crippen molar-refractivity contribution in [3.63, 3.8) is 0 Å². The van der Waals surface area contributed by atoms with Crippen LogP contribution >= 0.6 is 7.82 Å². The van der Waals surface area contributed by atoms with Gasteiger partial charge in [0.25, 0.3) is 0 Å². The van der Waals surface area contributed by atoms with Crippen LogP contribution in [0, 0.1) is 0 Å². The fourth-order valence-corrected chi connectivity index (χ4v) is 1.12. The van der Waals surface area contributed by atoms with Crippen molar-refractivity contribution in [3.05, 3.63) is 0 Å². The molecule has 97 valence electrons. The number of phosphoric ester groups is 1. The van der Waals surface area contributed by atoms with Crippen LogP contribution < -0.4 is 0 Å². The maximum atomic E-state index is 12.5. The number of aliphatic hydroxyl groups is 3. The molecule has 4 atom stereocenters. The predicted molar refractivity (Wildman–Crippen MR) is 52.7 cm³/mol. The summed E-state index contributed by atoms with van der Waals surface area (Å²) in [6, 6.07) is 0. The van der Waals surface area contributed by atoms with E-state index in [0.29, 0.717) is 0 Å². The van der Waals surface area contributed by atoms with Crippen molar-refractivity contribution in [1.82, 2.24) is 0 Å². The first kappa shape index (κ1) is 20.5. The van der Waals surface area contributed by atoms with Crippen LogP contribution in [0.2, 0.25) is 0 Å². The quantitative estimate of drug-likeness (QED) is 0.194. The third-order valence-corrected chi connectivity index (χ3v) is 2.10. The third kappa shape index (κ3) is 8.86. The number of hydrogen-bond donors (Lipinski definition) is 5.